The van der Waals surface area contributed by atoms with Gasteiger partial charge in [0.25, 0.3) is 0 Å². The average Bonchev–Trinajstić information content (AvgIpc) is 3.25. The zero-order chi connectivity index (χ0) is 26.7. The van der Waals surface area contributed by atoms with Crippen molar-refractivity contribution in [1.29, 1.82) is 0 Å². The van der Waals surface area contributed by atoms with Crippen LogP contribution in [0.1, 0.15) is 40.1 Å². The van der Waals surface area contributed by atoms with Gasteiger partial charge in [0.1, 0.15) is 12.4 Å². The Kier molecular flexibility index (Phi) is 7.42. The van der Waals surface area contributed by atoms with Crippen LogP contribution in [0.4, 0.5) is 18.0 Å². The lowest BCUT2D eigenvalue weighted by Crippen LogP contribution is -2.41. The summed E-state index contributed by atoms with van der Waals surface area (Å²) >= 11 is 0. The van der Waals surface area contributed by atoms with Crippen molar-refractivity contribution >= 4 is 12.0 Å². The third-order valence-corrected chi connectivity index (χ3v) is 6.29. The summed E-state index contributed by atoms with van der Waals surface area (Å²) in [5.74, 6) is 0.314. The number of carboxylic acids is 1. The number of aromatic nitrogens is 1. The summed E-state index contributed by atoms with van der Waals surface area (Å²) in [5, 5.41) is 11.7. The van der Waals surface area contributed by atoms with Crippen LogP contribution in [-0.4, -0.2) is 40.6 Å². The van der Waals surface area contributed by atoms with Gasteiger partial charge in [-0.2, -0.15) is 13.2 Å². The van der Waals surface area contributed by atoms with Gasteiger partial charge in [0.15, 0.2) is 5.76 Å². The fourth-order valence-electron chi connectivity index (χ4n) is 4.28. The minimum atomic E-state index is -4.43. The van der Waals surface area contributed by atoms with E-state index in [0.717, 1.165) is 28.8 Å². The molecule has 0 bridgehead atoms. The second kappa shape index (κ2) is 10.5. The number of nitrogens with zero attached hydrogens (tertiary/aromatic N) is 2. The highest BCUT2D eigenvalue weighted by molar-refractivity contribution is 5.74. The third kappa shape index (κ3) is 5.87. The summed E-state index contributed by atoms with van der Waals surface area (Å²) in [4.78, 5) is 29.3. The number of aliphatic carboxylic acids is 1. The smallest absolute Gasteiger partial charge is 0.416 e. The molecule has 2 amide bonds. The molecule has 1 aliphatic rings. The average molecular weight is 518 g/mol. The number of halogens is 3. The Hall–Kier alpha value is -4.02. The van der Waals surface area contributed by atoms with Crippen molar-refractivity contribution in [1.82, 2.24) is 15.2 Å². The molecule has 0 aliphatic carbocycles. The van der Waals surface area contributed by atoms with Crippen LogP contribution in [-0.2, 0) is 37.0 Å². The van der Waals surface area contributed by atoms with Crippen molar-refractivity contribution in [3.63, 3.8) is 0 Å². The number of carbonyl (C=O) groups is 2. The first-order valence-corrected chi connectivity index (χ1v) is 11.7. The molecule has 0 radical (unpaired) electrons. The maximum Gasteiger partial charge on any atom is 0.416 e. The van der Waals surface area contributed by atoms with E-state index in [2.05, 4.69) is 10.3 Å². The predicted molar refractivity (Wildman–Crippen MR) is 127 cm³/mol. The molecule has 2 heterocycles. The number of amides is 2. The van der Waals surface area contributed by atoms with Gasteiger partial charge < -0.3 is 24.5 Å². The van der Waals surface area contributed by atoms with E-state index >= 15 is 0 Å². The van der Waals surface area contributed by atoms with Crippen LogP contribution < -0.4 is 10.1 Å². The van der Waals surface area contributed by atoms with Gasteiger partial charge in [0.2, 0.25) is 5.89 Å². The molecular formula is C26H26F3N3O5. The summed E-state index contributed by atoms with van der Waals surface area (Å²) in [5.41, 5.74) is 2.83. The minimum absolute atomic E-state index is 0.0311. The Labute approximate surface area is 211 Å². The highest BCUT2D eigenvalue weighted by atomic mass is 19.4. The van der Waals surface area contributed by atoms with Crippen molar-refractivity contribution in [3.8, 4) is 17.2 Å². The molecule has 1 aliphatic heterocycles. The van der Waals surface area contributed by atoms with Crippen LogP contribution in [0.15, 0.2) is 40.8 Å². The van der Waals surface area contributed by atoms with Gasteiger partial charge in [0.05, 0.1) is 11.3 Å². The number of carbonyl (C=O) groups excluding carboxylic acids is 1. The predicted octanol–water partition coefficient (Wildman–Crippen LogP) is 4.96. The van der Waals surface area contributed by atoms with Gasteiger partial charge in [-0.05, 0) is 61.2 Å². The van der Waals surface area contributed by atoms with Gasteiger partial charge >= 0.3 is 18.2 Å². The highest BCUT2D eigenvalue weighted by Gasteiger charge is 2.30. The zero-order valence-corrected chi connectivity index (χ0v) is 20.3. The Morgan fingerprint density at radius 2 is 1.89 bits per heavy atom. The Morgan fingerprint density at radius 1 is 1.16 bits per heavy atom. The Balaban J connectivity index is 1.54. The fourth-order valence-corrected chi connectivity index (χ4v) is 4.28. The number of hydrogen-bond acceptors (Lipinski definition) is 5. The largest absolute Gasteiger partial charge is 0.485 e. The minimum Gasteiger partial charge on any atom is -0.485 e. The van der Waals surface area contributed by atoms with Crippen LogP contribution in [0.2, 0.25) is 0 Å². The van der Waals surface area contributed by atoms with Crippen molar-refractivity contribution in [2.75, 3.05) is 13.6 Å². The topological polar surface area (TPSA) is 105 Å². The normalized spacial score (nSPS) is 13.3. The van der Waals surface area contributed by atoms with Crippen LogP contribution in [0, 0.1) is 6.92 Å². The standard InChI is InChI=1S/C26H26F3N3O5/c1-15-22(37-24(31-15)17-3-7-18(8-4-17)26(27,28)29)14-36-21-9-5-16(6-10-23(33)34)20-13-32(25(35)30-2)12-11-19(20)21/h3-5,7-9H,6,10-14H2,1-2H3,(H,30,35)(H,33,34). The molecule has 4 rings (SSSR count). The van der Waals surface area contributed by atoms with E-state index in [1.807, 2.05) is 6.07 Å². The maximum atomic E-state index is 12.9. The Morgan fingerprint density at radius 3 is 2.54 bits per heavy atom. The van der Waals surface area contributed by atoms with Gasteiger partial charge in [0, 0.05) is 37.7 Å². The highest BCUT2D eigenvalue weighted by Crippen LogP contribution is 2.34. The number of fused-ring (bicyclic) bond motifs is 1. The quantitative estimate of drug-likeness (QED) is 0.459. The second-order valence-corrected chi connectivity index (χ2v) is 8.69. The van der Waals surface area contributed by atoms with E-state index in [1.165, 1.54) is 12.1 Å². The number of benzene rings is 2. The molecule has 0 saturated heterocycles. The first kappa shape index (κ1) is 26.1. The van der Waals surface area contributed by atoms with Crippen LogP contribution in [0.3, 0.4) is 0 Å². The molecule has 1 aromatic heterocycles. The van der Waals surface area contributed by atoms with Crippen molar-refractivity contribution in [2.45, 2.75) is 45.5 Å². The lowest BCUT2D eigenvalue weighted by Gasteiger charge is -2.31. The van der Waals surface area contributed by atoms with E-state index in [-0.39, 0.29) is 24.9 Å². The molecule has 2 N–H and O–H groups in total. The Bertz CT molecular complexity index is 1300. The molecule has 0 spiro atoms. The number of oxazole rings is 1. The van der Waals surface area contributed by atoms with E-state index in [1.54, 1.807) is 24.9 Å². The summed E-state index contributed by atoms with van der Waals surface area (Å²) in [6, 6.07) is 7.96. The number of alkyl halides is 3. The summed E-state index contributed by atoms with van der Waals surface area (Å²) in [6.45, 7) is 2.58. The second-order valence-electron chi connectivity index (χ2n) is 8.69. The van der Waals surface area contributed by atoms with Crippen LogP contribution in [0.5, 0.6) is 5.75 Å². The third-order valence-electron chi connectivity index (χ3n) is 6.29. The first-order valence-electron chi connectivity index (χ1n) is 11.7. The van der Waals surface area contributed by atoms with E-state index in [4.69, 9.17) is 14.3 Å². The monoisotopic (exact) mass is 517 g/mol. The number of carboxylic acid groups (broad SMARTS) is 1. The number of rotatable bonds is 7. The first-order chi connectivity index (χ1) is 17.6. The van der Waals surface area contributed by atoms with Gasteiger partial charge in [-0.15, -0.1) is 0 Å². The van der Waals surface area contributed by atoms with Crippen molar-refractivity contribution in [2.24, 2.45) is 0 Å². The molecule has 0 saturated carbocycles. The lowest BCUT2D eigenvalue weighted by molar-refractivity contribution is -0.138. The molecule has 37 heavy (non-hydrogen) atoms. The number of nitrogens with one attached hydrogen (secondary N) is 1. The molecular weight excluding hydrogens is 491 g/mol. The molecule has 196 valence electrons. The number of hydrogen-bond donors (Lipinski definition) is 2. The maximum absolute atomic E-state index is 12.9. The van der Waals surface area contributed by atoms with Crippen LogP contribution in [0.25, 0.3) is 11.5 Å². The molecule has 8 nitrogen and oxygen atoms in total. The lowest BCUT2D eigenvalue weighted by atomic mass is 9.92. The molecule has 11 heteroatoms. The van der Waals surface area contributed by atoms with E-state index in [0.29, 0.717) is 48.7 Å². The molecule has 2 aromatic carbocycles. The molecule has 0 fully saturated rings. The summed E-state index contributed by atoms with van der Waals surface area (Å²) in [7, 11) is 1.56. The number of aryl methyl sites for hydroxylation is 2. The van der Waals surface area contributed by atoms with Gasteiger partial charge in [-0.3, -0.25) is 4.79 Å². The van der Waals surface area contributed by atoms with Crippen molar-refractivity contribution in [3.05, 3.63) is 70.1 Å². The van der Waals surface area contributed by atoms with Crippen LogP contribution >= 0.6 is 0 Å². The van der Waals surface area contributed by atoms with E-state index < -0.39 is 17.7 Å². The summed E-state index contributed by atoms with van der Waals surface area (Å²) in [6.07, 6.45) is -3.59. The van der Waals surface area contributed by atoms with E-state index in [9.17, 15) is 22.8 Å². The molecule has 0 unspecified atom stereocenters. The van der Waals surface area contributed by atoms with Gasteiger partial charge in [-0.25, -0.2) is 9.78 Å². The van der Waals surface area contributed by atoms with Crippen molar-refractivity contribution < 1.29 is 37.0 Å². The fraction of sp³-hybridized carbons (Fsp3) is 0.346. The SMILES string of the molecule is CNC(=O)N1CCc2c(OCc3oc(-c4ccc(C(F)(F)F)cc4)nc3C)ccc(CCC(=O)O)c2C1. The van der Waals surface area contributed by atoms with Gasteiger partial charge in [-0.1, -0.05) is 6.07 Å². The number of ether oxygens (including phenoxy) is 1. The zero-order valence-electron chi connectivity index (χ0n) is 20.3. The summed E-state index contributed by atoms with van der Waals surface area (Å²) < 4.78 is 50.4. The number of urea groups is 1. The molecule has 0 atom stereocenters. The molecule has 3 aromatic rings.